The highest BCUT2D eigenvalue weighted by Crippen LogP contribution is 2.33. The lowest BCUT2D eigenvalue weighted by Gasteiger charge is -2.34. The van der Waals surface area contributed by atoms with Gasteiger partial charge in [0.15, 0.2) is 0 Å². The molecule has 1 nitrogen and oxygen atoms in total. The van der Waals surface area contributed by atoms with E-state index in [9.17, 15) is 12.9 Å². The minimum atomic E-state index is -4.58. The first-order valence-electron chi connectivity index (χ1n) is 5.26. The standard InChI is InChI=1S/C9H18BF3N/c1-14(2)9-5-3-8(4-6-9)7-10(11,12)13/h8-9H,3-7H2,1-2H3/q-1. The summed E-state index contributed by atoms with van der Waals surface area (Å²) in [7, 11) is 4.00. The molecule has 0 bridgehead atoms. The molecule has 84 valence electrons. The first kappa shape index (κ1) is 11.9. The molecule has 0 aromatic carbocycles. The zero-order valence-corrected chi connectivity index (χ0v) is 8.85. The minimum absolute atomic E-state index is 0.105. The van der Waals surface area contributed by atoms with Crippen LogP contribution in [0.5, 0.6) is 0 Å². The molecule has 0 aromatic rings. The Labute approximate surface area is 83.7 Å². The molecule has 1 fully saturated rings. The molecule has 14 heavy (non-hydrogen) atoms. The van der Waals surface area contributed by atoms with E-state index in [0.29, 0.717) is 6.04 Å². The van der Waals surface area contributed by atoms with Crippen molar-refractivity contribution >= 4 is 6.98 Å². The van der Waals surface area contributed by atoms with Crippen LogP contribution in [0.1, 0.15) is 25.7 Å². The summed E-state index contributed by atoms with van der Waals surface area (Å²) in [5.41, 5.74) is 0. The third-order valence-electron chi connectivity index (χ3n) is 3.15. The van der Waals surface area contributed by atoms with Crippen LogP contribution in [0.25, 0.3) is 0 Å². The van der Waals surface area contributed by atoms with E-state index in [1.165, 1.54) is 0 Å². The number of halogens is 3. The van der Waals surface area contributed by atoms with Crippen molar-refractivity contribution in [2.45, 2.75) is 38.0 Å². The van der Waals surface area contributed by atoms with Gasteiger partial charge in [0.25, 0.3) is 0 Å². The molecule has 0 radical (unpaired) electrons. The summed E-state index contributed by atoms with van der Waals surface area (Å²) in [5, 5.41) is 0. The maximum absolute atomic E-state index is 12.1. The first-order valence-corrected chi connectivity index (χ1v) is 5.26. The number of hydrogen-bond acceptors (Lipinski definition) is 1. The van der Waals surface area contributed by atoms with Crippen LogP contribution in [-0.4, -0.2) is 32.0 Å². The fourth-order valence-electron chi connectivity index (χ4n) is 2.27. The van der Waals surface area contributed by atoms with Crippen LogP contribution in [0.2, 0.25) is 6.32 Å². The molecular weight excluding hydrogens is 190 g/mol. The molecule has 0 atom stereocenters. The second-order valence-electron chi connectivity index (χ2n) is 4.58. The predicted octanol–water partition coefficient (Wildman–Crippen LogP) is 2.95. The smallest absolute Gasteiger partial charge is 0.449 e. The van der Waals surface area contributed by atoms with Crippen molar-refractivity contribution in [1.29, 1.82) is 0 Å². The Bertz CT molecular complexity index is 173. The number of hydrogen-bond donors (Lipinski definition) is 0. The lowest BCUT2D eigenvalue weighted by molar-refractivity contribution is 0.196. The van der Waals surface area contributed by atoms with Crippen LogP contribution >= 0.6 is 0 Å². The number of nitrogens with zero attached hydrogens (tertiary/aromatic N) is 1. The average molecular weight is 208 g/mol. The van der Waals surface area contributed by atoms with Crippen LogP contribution in [0.3, 0.4) is 0 Å². The molecule has 0 amide bonds. The Balaban J connectivity index is 2.29. The van der Waals surface area contributed by atoms with Crippen molar-refractivity contribution in [2.75, 3.05) is 14.1 Å². The van der Waals surface area contributed by atoms with Gasteiger partial charge in [-0.2, -0.15) is 0 Å². The maximum atomic E-state index is 12.1. The van der Waals surface area contributed by atoms with Crippen molar-refractivity contribution in [3.63, 3.8) is 0 Å². The zero-order chi connectivity index (χ0) is 10.8. The lowest BCUT2D eigenvalue weighted by Crippen LogP contribution is -2.33. The second kappa shape index (κ2) is 4.56. The normalized spacial score (nSPS) is 29.6. The molecule has 1 rings (SSSR count). The van der Waals surface area contributed by atoms with Crippen molar-refractivity contribution in [3.8, 4) is 0 Å². The molecule has 0 spiro atoms. The van der Waals surface area contributed by atoms with Gasteiger partial charge in [-0.05, 0) is 26.9 Å². The molecule has 0 aromatic heterocycles. The molecule has 0 N–H and O–H groups in total. The monoisotopic (exact) mass is 208 g/mol. The molecule has 5 heteroatoms. The van der Waals surface area contributed by atoms with E-state index in [2.05, 4.69) is 4.90 Å². The topological polar surface area (TPSA) is 3.24 Å². The Morgan fingerprint density at radius 2 is 1.57 bits per heavy atom. The lowest BCUT2D eigenvalue weighted by atomic mass is 9.71. The third kappa shape index (κ3) is 3.90. The quantitative estimate of drug-likeness (QED) is 0.644. The van der Waals surface area contributed by atoms with Gasteiger partial charge >= 0.3 is 6.98 Å². The van der Waals surface area contributed by atoms with Gasteiger partial charge in [-0.3, -0.25) is 0 Å². The first-order chi connectivity index (χ1) is 6.38. The third-order valence-corrected chi connectivity index (χ3v) is 3.15. The summed E-state index contributed by atoms with van der Waals surface area (Å²) in [6.45, 7) is -4.58. The molecule has 0 heterocycles. The summed E-state index contributed by atoms with van der Waals surface area (Å²) >= 11 is 0. The summed E-state index contributed by atoms with van der Waals surface area (Å²) in [6, 6.07) is 0.493. The molecule has 1 saturated carbocycles. The molecule has 0 saturated heterocycles. The number of rotatable bonds is 3. The molecular formula is C9H18BF3N-. The summed E-state index contributed by atoms with van der Waals surface area (Å²) in [4.78, 5) is 2.12. The average Bonchev–Trinajstić information content (AvgIpc) is 2.02. The van der Waals surface area contributed by atoms with E-state index in [1.54, 1.807) is 0 Å². The van der Waals surface area contributed by atoms with E-state index in [0.717, 1.165) is 25.7 Å². The van der Waals surface area contributed by atoms with Crippen LogP contribution in [-0.2, 0) is 0 Å². The molecule has 1 aliphatic carbocycles. The highest BCUT2D eigenvalue weighted by molar-refractivity contribution is 6.58. The maximum Gasteiger partial charge on any atom is 0.478 e. The van der Waals surface area contributed by atoms with Crippen LogP contribution in [0.15, 0.2) is 0 Å². The fourth-order valence-corrected chi connectivity index (χ4v) is 2.27. The van der Waals surface area contributed by atoms with Gasteiger partial charge in [0.05, 0.1) is 0 Å². The van der Waals surface area contributed by atoms with Gasteiger partial charge in [-0.1, -0.05) is 25.1 Å². The van der Waals surface area contributed by atoms with E-state index in [1.807, 2.05) is 14.1 Å². The summed E-state index contributed by atoms with van der Waals surface area (Å²) in [5.74, 6) is -0.105. The Kier molecular flexibility index (Phi) is 3.87. The van der Waals surface area contributed by atoms with E-state index in [-0.39, 0.29) is 5.92 Å². The second-order valence-corrected chi connectivity index (χ2v) is 4.58. The van der Waals surface area contributed by atoms with Gasteiger partial charge in [0.1, 0.15) is 0 Å². The van der Waals surface area contributed by atoms with Crippen molar-refractivity contribution in [1.82, 2.24) is 4.90 Å². The molecule has 1 aliphatic rings. The van der Waals surface area contributed by atoms with Gasteiger partial charge in [-0.15, -0.1) is 0 Å². The van der Waals surface area contributed by atoms with Gasteiger partial charge in [0, 0.05) is 6.04 Å². The SMILES string of the molecule is CN(C)C1CCC(C[B-](F)(F)F)CC1. The van der Waals surface area contributed by atoms with Crippen molar-refractivity contribution in [3.05, 3.63) is 0 Å². The predicted molar refractivity (Wildman–Crippen MR) is 53.3 cm³/mol. The Hall–Kier alpha value is -0.185. The van der Waals surface area contributed by atoms with Crippen molar-refractivity contribution in [2.24, 2.45) is 5.92 Å². The van der Waals surface area contributed by atoms with E-state index in [4.69, 9.17) is 0 Å². The minimum Gasteiger partial charge on any atom is -0.449 e. The van der Waals surface area contributed by atoms with Crippen LogP contribution in [0.4, 0.5) is 12.9 Å². The highest BCUT2D eigenvalue weighted by atomic mass is 19.4. The summed E-state index contributed by atoms with van der Waals surface area (Å²) < 4.78 is 36.4. The molecule has 0 unspecified atom stereocenters. The van der Waals surface area contributed by atoms with Gasteiger partial charge in [-0.25, -0.2) is 0 Å². The molecule has 0 aliphatic heterocycles. The van der Waals surface area contributed by atoms with Crippen molar-refractivity contribution < 1.29 is 12.9 Å². The largest absolute Gasteiger partial charge is 0.478 e. The van der Waals surface area contributed by atoms with E-state index < -0.39 is 13.3 Å². The Morgan fingerprint density at radius 3 is 1.93 bits per heavy atom. The highest BCUT2D eigenvalue weighted by Gasteiger charge is 2.30. The fraction of sp³-hybridized carbons (Fsp3) is 1.00. The van der Waals surface area contributed by atoms with Gasteiger partial charge in [0.2, 0.25) is 0 Å². The van der Waals surface area contributed by atoms with Gasteiger partial charge < -0.3 is 17.8 Å². The Morgan fingerprint density at radius 1 is 1.07 bits per heavy atom. The zero-order valence-electron chi connectivity index (χ0n) is 8.85. The summed E-state index contributed by atoms with van der Waals surface area (Å²) in [6.07, 6.45) is 2.79. The van der Waals surface area contributed by atoms with Crippen LogP contribution < -0.4 is 0 Å². The van der Waals surface area contributed by atoms with Crippen LogP contribution in [0, 0.1) is 5.92 Å². The van der Waals surface area contributed by atoms with E-state index >= 15 is 0 Å².